The van der Waals surface area contributed by atoms with E-state index >= 15 is 0 Å². The molecule has 0 saturated carbocycles. The number of nitrogens with zero attached hydrogens (tertiary/aromatic N) is 7. The molecule has 14 nitrogen and oxygen atoms in total. The molecule has 2 aliphatic rings. The van der Waals surface area contributed by atoms with E-state index in [9.17, 15) is 28.7 Å². The number of halogens is 1. The van der Waals surface area contributed by atoms with Gasteiger partial charge in [0.2, 0.25) is 5.75 Å². The van der Waals surface area contributed by atoms with Gasteiger partial charge >= 0.3 is 11.8 Å². The maximum absolute atomic E-state index is 14.0. The van der Waals surface area contributed by atoms with Crippen molar-refractivity contribution in [3.05, 3.63) is 63.6 Å². The number of carbonyl (C=O) groups excluding carboxylic acids is 3. The van der Waals surface area contributed by atoms with Gasteiger partial charge in [0.15, 0.2) is 5.69 Å². The summed E-state index contributed by atoms with van der Waals surface area (Å²) in [6.07, 6.45) is 1.55. The van der Waals surface area contributed by atoms with Gasteiger partial charge in [0.05, 0.1) is 25.4 Å². The molecule has 1 saturated heterocycles. The molecule has 0 bridgehead atoms. The molecule has 1 fully saturated rings. The molecule has 3 amide bonds. The average Bonchev–Trinajstić information content (AvgIpc) is 3.56. The van der Waals surface area contributed by atoms with Crippen LogP contribution in [0, 0.1) is 12.7 Å². The van der Waals surface area contributed by atoms with E-state index in [1.807, 2.05) is 0 Å². The van der Waals surface area contributed by atoms with E-state index in [0.717, 1.165) is 0 Å². The fourth-order valence-corrected chi connectivity index (χ4v) is 4.92. The van der Waals surface area contributed by atoms with E-state index < -0.39 is 46.1 Å². The number of aromatic hydroxyl groups is 1. The first-order valence-corrected chi connectivity index (χ1v) is 12.4. The Morgan fingerprint density at radius 3 is 2.73 bits per heavy atom. The summed E-state index contributed by atoms with van der Waals surface area (Å²) in [5, 5.41) is 17.3. The molecule has 0 radical (unpaired) electrons. The van der Waals surface area contributed by atoms with Crippen molar-refractivity contribution < 1.29 is 28.6 Å². The van der Waals surface area contributed by atoms with Gasteiger partial charge in [0, 0.05) is 33.6 Å². The molecule has 2 aliphatic heterocycles. The van der Waals surface area contributed by atoms with Gasteiger partial charge in [-0.15, -0.1) is 0 Å². The molecule has 2 N–H and O–H groups in total. The number of aryl methyl sites for hydroxylation is 1. The van der Waals surface area contributed by atoms with Gasteiger partial charge in [-0.3, -0.25) is 23.7 Å². The summed E-state index contributed by atoms with van der Waals surface area (Å²) in [5.74, 6) is -3.04. The van der Waals surface area contributed by atoms with Gasteiger partial charge in [-0.1, -0.05) is 6.07 Å². The van der Waals surface area contributed by atoms with E-state index in [-0.39, 0.29) is 45.0 Å². The highest BCUT2D eigenvalue weighted by molar-refractivity contribution is 6.34. The van der Waals surface area contributed by atoms with Crippen molar-refractivity contribution in [3.63, 3.8) is 0 Å². The summed E-state index contributed by atoms with van der Waals surface area (Å²) in [6.45, 7) is 1.89. The van der Waals surface area contributed by atoms with Gasteiger partial charge in [-0.25, -0.2) is 19.0 Å². The molecule has 40 heavy (non-hydrogen) atoms. The van der Waals surface area contributed by atoms with Gasteiger partial charge < -0.3 is 25.0 Å². The highest BCUT2D eigenvalue weighted by Gasteiger charge is 2.49. The lowest BCUT2D eigenvalue weighted by atomic mass is 9.99. The summed E-state index contributed by atoms with van der Waals surface area (Å²) in [5.41, 5.74) is -1.73. The van der Waals surface area contributed by atoms with Crippen LogP contribution in [0.3, 0.4) is 0 Å². The summed E-state index contributed by atoms with van der Waals surface area (Å²) in [6, 6.07) is 3.95. The SMILES string of the molecule is Cc1ncnn1-c1cc(F)ccc1CNC(=O)c1nc2n(c(=O)c1O)CCOC21CCN(C(=O)C(=O)N(C)C)C1. The summed E-state index contributed by atoms with van der Waals surface area (Å²) < 4.78 is 22.7. The van der Waals surface area contributed by atoms with Gasteiger partial charge in [-0.2, -0.15) is 5.10 Å². The number of aromatic nitrogens is 5. The van der Waals surface area contributed by atoms with Crippen LogP contribution in [0.4, 0.5) is 4.39 Å². The molecule has 0 aliphatic carbocycles. The van der Waals surface area contributed by atoms with Crippen LogP contribution in [-0.4, -0.2) is 90.7 Å². The van der Waals surface area contributed by atoms with Gasteiger partial charge in [0.1, 0.15) is 29.4 Å². The van der Waals surface area contributed by atoms with E-state index in [4.69, 9.17) is 4.74 Å². The molecular weight excluding hydrogens is 527 g/mol. The molecular formula is C25H27FN8O6. The molecule has 1 unspecified atom stereocenters. The van der Waals surface area contributed by atoms with E-state index in [1.165, 1.54) is 57.7 Å². The van der Waals surface area contributed by atoms with Crippen LogP contribution in [-0.2, 0) is 33.0 Å². The first-order chi connectivity index (χ1) is 19.0. The topological polar surface area (TPSA) is 165 Å². The third kappa shape index (κ3) is 4.57. The Hall–Kier alpha value is -4.66. The van der Waals surface area contributed by atoms with Crippen LogP contribution in [0.25, 0.3) is 5.69 Å². The Labute approximate surface area is 227 Å². The van der Waals surface area contributed by atoms with Crippen LogP contribution in [0.5, 0.6) is 5.75 Å². The molecule has 1 atom stereocenters. The van der Waals surface area contributed by atoms with Crippen molar-refractivity contribution in [1.29, 1.82) is 0 Å². The fraction of sp³-hybridized carbons (Fsp3) is 0.400. The number of nitrogens with one attached hydrogen (secondary N) is 1. The molecule has 1 aromatic carbocycles. The van der Waals surface area contributed by atoms with E-state index in [2.05, 4.69) is 20.4 Å². The third-order valence-corrected chi connectivity index (χ3v) is 7.00. The number of ether oxygens (including phenoxy) is 1. The second-order valence-electron chi connectivity index (χ2n) is 9.78. The number of fused-ring (bicyclic) bond motifs is 2. The number of amides is 3. The van der Waals surface area contributed by atoms with Crippen molar-refractivity contribution in [3.8, 4) is 11.4 Å². The van der Waals surface area contributed by atoms with Crippen molar-refractivity contribution in [2.45, 2.75) is 32.0 Å². The maximum Gasteiger partial charge on any atom is 0.312 e. The molecule has 4 heterocycles. The normalized spacial score (nSPS) is 18.1. The zero-order valence-electron chi connectivity index (χ0n) is 22.0. The average molecular weight is 555 g/mol. The monoisotopic (exact) mass is 554 g/mol. The number of likely N-dealkylation sites (N-methyl/N-ethyl adjacent to an activating group) is 1. The summed E-state index contributed by atoms with van der Waals surface area (Å²) >= 11 is 0. The van der Waals surface area contributed by atoms with Crippen molar-refractivity contribution >= 4 is 17.7 Å². The summed E-state index contributed by atoms with van der Waals surface area (Å²) in [4.78, 5) is 62.0. The fourth-order valence-electron chi connectivity index (χ4n) is 4.92. The smallest absolute Gasteiger partial charge is 0.312 e. The Kier molecular flexibility index (Phi) is 6.83. The van der Waals surface area contributed by atoms with Crippen LogP contribution < -0.4 is 10.9 Å². The van der Waals surface area contributed by atoms with Gasteiger partial charge in [0.25, 0.3) is 11.5 Å². The predicted octanol–water partition coefficient (Wildman–Crippen LogP) is -0.547. The second kappa shape index (κ2) is 10.1. The Balaban J connectivity index is 1.44. The Morgan fingerprint density at radius 1 is 1.25 bits per heavy atom. The van der Waals surface area contributed by atoms with Crippen LogP contribution in [0.2, 0.25) is 0 Å². The van der Waals surface area contributed by atoms with E-state index in [1.54, 1.807) is 6.92 Å². The molecule has 15 heteroatoms. The van der Waals surface area contributed by atoms with Crippen molar-refractivity contribution in [1.82, 2.24) is 39.4 Å². The molecule has 210 valence electrons. The lowest BCUT2D eigenvalue weighted by Crippen LogP contribution is -2.48. The molecule has 2 aromatic heterocycles. The molecule has 1 spiro atoms. The van der Waals surface area contributed by atoms with Crippen LogP contribution >= 0.6 is 0 Å². The van der Waals surface area contributed by atoms with Crippen LogP contribution in [0.1, 0.15) is 34.1 Å². The minimum atomic E-state index is -1.24. The van der Waals surface area contributed by atoms with Crippen molar-refractivity contribution in [2.75, 3.05) is 33.8 Å². The third-order valence-electron chi connectivity index (χ3n) is 7.00. The van der Waals surface area contributed by atoms with Crippen molar-refractivity contribution in [2.24, 2.45) is 0 Å². The highest BCUT2D eigenvalue weighted by atomic mass is 19.1. The largest absolute Gasteiger partial charge is 0.501 e. The highest BCUT2D eigenvalue weighted by Crippen LogP contribution is 2.37. The van der Waals surface area contributed by atoms with Gasteiger partial charge in [-0.05, 0) is 24.6 Å². The first kappa shape index (κ1) is 26.9. The Bertz CT molecular complexity index is 1580. The number of rotatable bonds is 4. The van der Waals surface area contributed by atoms with Crippen LogP contribution in [0.15, 0.2) is 29.3 Å². The maximum atomic E-state index is 14.0. The zero-order chi connectivity index (χ0) is 28.8. The van der Waals surface area contributed by atoms with E-state index in [0.29, 0.717) is 17.1 Å². The summed E-state index contributed by atoms with van der Waals surface area (Å²) in [7, 11) is 2.94. The standard InChI is InChI=1S/C25H27FN8O6/c1-14-28-13-29-34(14)17-10-16(26)5-4-15(17)11-27-20(36)18-19(35)21(37)33-8-9-40-25(24(33)30-18)6-7-32(12-25)23(39)22(38)31(2)3/h4-5,10,13,35H,6-9,11-12H2,1-3H3,(H,27,36). The Morgan fingerprint density at radius 2 is 2.02 bits per heavy atom. The lowest BCUT2D eigenvalue weighted by molar-refractivity contribution is -0.151. The predicted molar refractivity (Wildman–Crippen MR) is 135 cm³/mol. The minimum absolute atomic E-state index is 0.0557. The minimum Gasteiger partial charge on any atom is -0.501 e. The second-order valence-corrected chi connectivity index (χ2v) is 9.78. The number of carbonyl (C=O) groups is 3. The molecule has 3 aromatic rings. The lowest BCUT2D eigenvalue weighted by Gasteiger charge is -2.35. The zero-order valence-corrected chi connectivity index (χ0v) is 22.0. The number of benzene rings is 1. The number of hydrogen-bond donors (Lipinski definition) is 2. The first-order valence-electron chi connectivity index (χ1n) is 12.4. The number of likely N-dealkylation sites (tertiary alicyclic amines) is 1. The quantitative estimate of drug-likeness (QED) is 0.403. The number of hydrogen-bond acceptors (Lipinski definition) is 9. The molecule has 5 rings (SSSR count).